The number of amides is 1. The minimum atomic E-state index is -0.0637. The van der Waals surface area contributed by atoms with Crippen molar-refractivity contribution in [2.45, 2.75) is 56.8 Å². The van der Waals surface area contributed by atoms with Gasteiger partial charge in [0, 0.05) is 30.6 Å². The number of thioether (sulfide) groups is 1. The lowest BCUT2D eigenvalue weighted by Gasteiger charge is -2.14. The molecule has 29 heavy (non-hydrogen) atoms. The van der Waals surface area contributed by atoms with Crippen LogP contribution in [-0.4, -0.2) is 41.2 Å². The van der Waals surface area contributed by atoms with Gasteiger partial charge in [-0.2, -0.15) is 5.10 Å². The van der Waals surface area contributed by atoms with Crippen LogP contribution in [0, 0.1) is 0 Å². The zero-order chi connectivity index (χ0) is 20.1. The lowest BCUT2D eigenvalue weighted by molar-refractivity contribution is -0.113. The van der Waals surface area contributed by atoms with Gasteiger partial charge in [0.1, 0.15) is 5.82 Å². The number of anilines is 1. The molecule has 1 aliphatic rings. The van der Waals surface area contributed by atoms with Crippen molar-refractivity contribution in [1.29, 1.82) is 0 Å². The van der Waals surface area contributed by atoms with E-state index in [2.05, 4.69) is 37.1 Å². The quantitative estimate of drug-likeness (QED) is 0.567. The molecule has 0 aliphatic heterocycles. The summed E-state index contributed by atoms with van der Waals surface area (Å²) in [7, 11) is 0. The van der Waals surface area contributed by atoms with Gasteiger partial charge in [0.15, 0.2) is 11.0 Å². The van der Waals surface area contributed by atoms with Crippen molar-refractivity contribution in [3.63, 3.8) is 0 Å². The number of carbonyl (C=O) groups excluding carboxylic acids is 1. The molecule has 8 nitrogen and oxygen atoms in total. The summed E-state index contributed by atoms with van der Waals surface area (Å²) >= 11 is 1.40. The van der Waals surface area contributed by atoms with E-state index in [-0.39, 0.29) is 11.7 Å². The van der Waals surface area contributed by atoms with Crippen LogP contribution in [0.15, 0.2) is 41.9 Å². The molecule has 0 aromatic carbocycles. The van der Waals surface area contributed by atoms with Crippen molar-refractivity contribution >= 4 is 23.5 Å². The Hall–Kier alpha value is -2.68. The maximum Gasteiger partial charge on any atom is 0.235 e. The number of rotatable bonds is 8. The summed E-state index contributed by atoms with van der Waals surface area (Å²) in [4.78, 5) is 16.6. The van der Waals surface area contributed by atoms with Crippen molar-refractivity contribution in [2.24, 2.45) is 0 Å². The summed E-state index contributed by atoms with van der Waals surface area (Å²) in [6, 6.07) is 6.09. The number of nitrogens with one attached hydrogen (secondary N) is 1. The SMILES string of the molecule is CCCn1c(SCC(=O)Nc2ccnn2C2CCCC2)nnc1-c1ccncc1. The third-order valence-electron chi connectivity index (χ3n) is 5.04. The van der Waals surface area contributed by atoms with E-state index >= 15 is 0 Å². The average Bonchev–Trinajstić information content (AvgIpc) is 3.48. The fourth-order valence-electron chi connectivity index (χ4n) is 3.70. The number of hydrogen-bond donors (Lipinski definition) is 1. The first-order valence-electron chi connectivity index (χ1n) is 10.1. The topological polar surface area (TPSA) is 90.5 Å². The van der Waals surface area contributed by atoms with Crippen LogP contribution in [0.25, 0.3) is 11.4 Å². The first-order chi connectivity index (χ1) is 14.3. The Bertz CT molecular complexity index is 947. The largest absolute Gasteiger partial charge is 0.310 e. The molecule has 0 saturated heterocycles. The Morgan fingerprint density at radius 3 is 2.72 bits per heavy atom. The smallest absolute Gasteiger partial charge is 0.235 e. The molecule has 3 aromatic heterocycles. The lowest BCUT2D eigenvalue weighted by atomic mass is 10.2. The monoisotopic (exact) mass is 411 g/mol. The molecule has 1 saturated carbocycles. The molecule has 1 aliphatic carbocycles. The van der Waals surface area contributed by atoms with Crippen molar-refractivity contribution in [1.82, 2.24) is 29.5 Å². The van der Waals surface area contributed by atoms with Gasteiger partial charge in [-0.05, 0) is 31.4 Å². The fourth-order valence-corrected chi connectivity index (χ4v) is 4.46. The minimum Gasteiger partial charge on any atom is -0.310 e. The molecule has 0 unspecified atom stereocenters. The number of nitrogens with zero attached hydrogens (tertiary/aromatic N) is 6. The number of hydrogen-bond acceptors (Lipinski definition) is 6. The highest BCUT2D eigenvalue weighted by atomic mass is 32.2. The zero-order valence-corrected chi connectivity index (χ0v) is 17.3. The molecule has 152 valence electrons. The number of aromatic nitrogens is 6. The number of carbonyl (C=O) groups is 1. The van der Waals surface area contributed by atoms with Crippen molar-refractivity contribution in [2.75, 3.05) is 11.1 Å². The molecule has 1 fully saturated rings. The zero-order valence-electron chi connectivity index (χ0n) is 16.5. The Kier molecular flexibility index (Phi) is 6.24. The van der Waals surface area contributed by atoms with Gasteiger partial charge in [-0.15, -0.1) is 10.2 Å². The molecular weight excluding hydrogens is 386 g/mol. The van der Waals surface area contributed by atoms with E-state index in [1.54, 1.807) is 18.6 Å². The van der Waals surface area contributed by atoms with Crippen LogP contribution in [0.5, 0.6) is 0 Å². The maximum atomic E-state index is 12.6. The van der Waals surface area contributed by atoms with Gasteiger partial charge in [-0.3, -0.25) is 9.78 Å². The Morgan fingerprint density at radius 2 is 1.97 bits per heavy atom. The third kappa shape index (κ3) is 4.50. The van der Waals surface area contributed by atoms with Gasteiger partial charge in [0.2, 0.25) is 5.91 Å². The normalized spacial score (nSPS) is 14.4. The molecule has 9 heteroatoms. The Labute approximate surface area is 174 Å². The maximum absolute atomic E-state index is 12.6. The van der Waals surface area contributed by atoms with Crippen molar-refractivity contribution < 1.29 is 4.79 Å². The van der Waals surface area contributed by atoms with Crippen LogP contribution < -0.4 is 5.32 Å². The second-order valence-electron chi connectivity index (χ2n) is 7.13. The average molecular weight is 412 g/mol. The predicted octanol–water partition coefficient (Wildman–Crippen LogP) is 3.79. The van der Waals surface area contributed by atoms with Crippen LogP contribution in [0.1, 0.15) is 45.1 Å². The molecule has 1 amide bonds. The molecule has 3 aromatic rings. The fraction of sp³-hybridized carbons (Fsp3) is 0.450. The van der Waals surface area contributed by atoms with Crippen molar-refractivity contribution in [3.8, 4) is 11.4 Å². The van der Waals surface area contributed by atoms with E-state index in [0.29, 0.717) is 6.04 Å². The highest BCUT2D eigenvalue weighted by Crippen LogP contribution is 2.31. The van der Waals surface area contributed by atoms with Crippen LogP contribution in [0.2, 0.25) is 0 Å². The van der Waals surface area contributed by atoms with Crippen LogP contribution >= 0.6 is 11.8 Å². The molecule has 4 rings (SSSR count). The minimum absolute atomic E-state index is 0.0637. The van der Waals surface area contributed by atoms with Crippen LogP contribution in [0.4, 0.5) is 5.82 Å². The number of pyridine rings is 1. The molecule has 0 atom stereocenters. The summed E-state index contributed by atoms with van der Waals surface area (Å²) in [6.45, 7) is 2.91. The highest BCUT2D eigenvalue weighted by molar-refractivity contribution is 7.99. The summed E-state index contributed by atoms with van der Waals surface area (Å²) in [5.74, 6) is 1.78. The van der Waals surface area contributed by atoms with E-state index < -0.39 is 0 Å². The van der Waals surface area contributed by atoms with Crippen LogP contribution in [0.3, 0.4) is 0 Å². The van der Waals surface area contributed by atoms with E-state index in [1.807, 2.05) is 22.9 Å². The molecule has 0 radical (unpaired) electrons. The van der Waals surface area contributed by atoms with E-state index in [9.17, 15) is 4.79 Å². The first-order valence-corrected chi connectivity index (χ1v) is 11.0. The van der Waals surface area contributed by atoms with Crippen molar-refractivity contribution in [3.05, 3.63) is 36.8 Å². The molecule has 0 spiro atoms. The highest BCUT2D eigenvalue weighted by Gasteiger charge is 2.21. The van der Waals surface area contributed by atoms with Crippen LogP contribution in [-0.2, 0) is 11.3 Å². The van der Waals surface area contributed by atoms with Gasteiger partial charge in [-0.25, -0.2) is 4.68 Å². The Morgan fingerprint density at radius 1 is 1.17 bits per heavy atom. The molecule has 3 heterocycles. The standard InChI is InChI=1S/C20H25N7OS/c1-2-13-26-19(15-7-10-21-11-8-15)24-25-20(26)29-14-18(28)23-17-9-12-22-27(17)16-5-3-4-6-16/h7-12,16H,2-6,13-14H2,1H3,(H,23,28). The van der Waals surface area contributed by atoms with Gasteiger partial charge in [0.25, 0.3) is 0 Å². The van der Waals surface area contributed by atoms with E-state index in [1.165, 1.54) is 24.6 Å². The summed E-state index contributed by atoms with van der Waals surface area (Å²) in [5.41, 5.74) is 0.970. The summed E-state index contributed by atoms with van der Waals surface area (Å²) < 4.78 is 4.02. The van der Waals surface area contributed by atoms with E-state index in [0.717, 1.165) is 48.2 Å². The van der Waals surface area contributed by atoms with Gasteiger partial charge >= 0.3 is 0 Å². The lowest BCUT2D eigenvalue weighted by Crippen LogP contribution is -2.19. The summed E-state index contributed by atoms with van der Waals surface area (Å²) in [5, 5.41) is 16.8. The molecule has 0 bridgehead atoms. The molecular formula is C20H25N7OS. The first kappa shape index (κ1) is 19.6. The molecule has 1 N–H and O–H groups in total. The predicted molar refractivity (Wildman–Crippen MR) is 113 cm³/mol. The summed E-state index contributed by atoms with van der Waals surface area (Å²) in [6.07, 6.45) is 10.9. The second kappa shape index (κ2) is 9.21. The van der Waals surface area contributed by atoms with Gasteiger partial charge < -0.3 is 9.88 Å². The van der Waals surface area contributed by atoms with Gasteiger partial charge in [-0.1, -0.05) is 31.5 Å². The second-order valence-corrected chi connectivity index (χ2v) is 8.07. The Balaban J connectivity index is 1.42. The van der Waals surface area contributed by atoms with Gasteiger partial charge in [0.05, 0.1) is 18.0 Å². The van der Waals surface area contributed by atoms with E-state index in [4.69, 9.17) is 0 Å². The third-order valence-corrected chi connectivity index (χ3v) is 6.01.